The molecule has 0 saturated heterocycles. The summed E-state index contributed by atoms with van der Waals surface area (Å²) in [6, 6.07) is 7.78. The second kappa shape index (κ2) is 5.45. The molecule has 0 amide bonds. The van der Waals surface area contributed by atoms with Gasteiger partial charge < -0.3 is 9.84 Å². The molecule has 0 atom stereocenters. The number of hydrogen-bond acceptors (Lipinski definition) is 2. The van der Waals surface area contributed by atoms with Gasteiger partial charge in [-0.25, -0.2) is 0 Å². The van der Waals surface area contributed by atoms with Crippen LogP contribution in [0.25, 0.3) is 6.08 Å². The number of ether oxygens (including phenoxy) is 1. The van der Waals surface area contributed by atoms with E-state index in [2.05, 4.69) is 0 Å². The van der Waals surface area contributed by atoms with E-state index in [1.165, 1.54) is 0 Å². The Morgan fingerprint density at radius 3 is 2.43 bits per heavy atom. The third-order valence-electron chi connectivity index (χ3n) is 2.14. The maximum absolute atomic E-state index is 9.00. The Labute approximate surface area is 84.8 Å². The minimum atomic E-state index is 0.128. The summed E-state index contributed by atoms with van der Waals surface area (Å²) in [5.41, 5.74) is 2.13. The lowest BCUT2D eigenvalue weighted by molar-refractivity contribution is 0.329. The van der Waals surface area contributed by atoms with E-state index in [1.807, 2.05) is 37.3 Å². The largest absolute Gasteiger partial charge is 0.497 e. The molecule has 0 unspecified atom stereocenters. The van der Waals surface area contributed by atoms with Crippen molar-refractivity contribution in [3.05, 3.63) is 35.4 Å². The lowest BCUT2D eigenvalue weighted by Crippen LogP contribution is -1.88. The van der Waals surface area contributed by atoms with Crippen molar-refractivity contribution in [2.75, 3.05) is 13.7 Å². The molecule has 1 rings (SSSR count). The average Bonchev–Trinajstić information content (AvgIpc) is 2.26. The maximum Gasteiger partial charge on any atom is 0.118 e. The molecule has 1 aromatic carbocycles. The molecule has 14 heavy (non-hydrogen) atoms. The number of aliphatic hydroxyl groups excluding tert-OH is 1. The van der Waals surface area contributed by atoms with Gasteiger partial charge in [0.15, 0.2) is 0 Å². The Kier molecular flexibility index (Phi) is 4.20. The summed E-state index contributed by atoms with van der Waals surface area (Å²) in [6.45, 7) is 2.16. The first-order valence-electron chi connectivity index (χ1n) is 4.74. The molecule has 1 N–H and O–H groups in total. The van der Waals surface area contributed by atoms with E-state index in [9.17, 15) is 0 Å². The van der Waals surface area contributed by atoms with Crippen molar-refractivity contribution in [1.82, 2.24) is 0 Å². The SMILES string of the molecule is CCC(=Cc1ccc(OC)cc1)CO. The fourth-order valence-corrected chi connectivity index (χ4v) is 1.20. The van der Waals surface area contributed by atoms with Gasteiger partial charge in [-0.1, -0.05) is 25.1 Å². The quantitative estimate of drug-likeness (QED) is 0.794. The van der Waals surface area contributed by atoms with Crippen LogP contribution >= 0.6 is 0 Å². The Morgan fingerprint density at radius 1 is 1.36 bits per heavy atom. The molecule has 0 fully saturated rings. The van der Waals surface area contributed by atoms with Gasteiger partial charge in [0.1, 0.15) is 5.75 Å². The summed E-state index contributed by atoms with van der Waals surface area (Å²) < 4.78 is 5.06. The predicted molar refractivity (Wildman–Crippen MR) is 58.3 cm³/mol. The summed E-state index contributed by atoms with van der Waals surface area (Å²) in [5.74, 6) is 0.851. The molecule has 0 spiro atoms. The molecule has 0 aliphatic heterocycles. The lowest BCUT2D eigenvalue weighted by atomic mass is 10.1. The second-order valence-electron chi connectivity index (χ2n) is 3.09. The van der Waals surface area contributed by atoms with Crippen LogP contribution in [-0.2, 0) is 0 Å². The van der Waals surface area contributed by atoms with E-state index in [0.29, 0.717) is 0 Å². The molecule has 0 aliphatic carbocycles. The van der Waals surface area contributed by atoms with Gasteiger partial charge in [-0.05, 0) is 29.7 Å². The molecule has 0 saturated carbocycles. The van der Waals surface area contributed by atoms with Gasteiger partial charge in [0.25, 0.3) is 0 Å². The van der Waals surface area contributed by atoms with Crippen molar-refractivity contribution in [2.24, 2.45) is 0 Å². The predicted octanol–water partition coefficient (Wildman–Crippen LogP) is 2.48. The molecule has 0 aromatic heterocycles. The molecule has 1 aromatic rings. The van der Waals surface area contributed by atoms with Crippen LogP contribution in [-0.4, -0.2) is 18.8 Å². The zero-order valence-corrected chi connectivity index (χ0v) is 8.66. The van der Waals surface area contributed by atoms with Crippen LogP contribution < -0.4 is 4.74 Å². The van der Waals surface area contributed by atoms with Gasteiger partial charge in [0, 0.05) is 0 Å². The minimum Gasteiger partial charge on any atom is -0.497 e. The average molecular weight is 192 g/mol. The van der Waals surface area contributed by atoms with Gasteiger partial charge >= 0.3 is 0 Å². The smallest absolute Gasteiger partial charge is 0.118 e. The Morgan fingerprint density at radius 2 is 2.00 bits per heavy atom. The van der Waals surface area contributed by atoms with Crippen molar-refractivity contribution < 1.29 is 9.84 Å². The maximum atomic E-state index is 9.00. The van der Waals surface area contributed by atoms with Crippen molar-refractivity contribution in [2.45, 2.75) is 13.3 Å². The topological polar surface area (TPSA) is 29.5 Å². The fourth-order valence-electron chi connectivity index (χ4n) is 1.20. The molecular weight excluding hydrogens is 176 g/mol. The molecule has 0 heterocycles. The minimum absolute atomic E-state index is 0.128. The lowest BCUT2D eigenvalue weighted by Gasteiger charge is -2.02. The van der Waals surface area contributed by atoms with E-state index in [1.54, 1.807) is 7.11 Å². The zero-order chi connectivity index (χ0) is 10.4. The van der Waals surface area contributed by atoms with E-state index in [4.69, 9.17) is 9.84 Å². The first kappa shape index (κ1) is 10.8. The Bertz CT molecular complexity index is 293. The number of methoxy groups -OCH3 is 1. The molecular formula is C12H16O2. The van der Waals surface area contributed by atoms with Crippen LogP contribution in [0.15, 0.2) is 29.8 Å². The Balaban J connectivity index is 2.81. The van der Waals surface area contributed by atoms with Crippen LogP contribution in [0.2, 0.25) is 0 Å². The molecule has 0 radical (unpaired) electrons. The van der Waals surface area contributed by atoms with Crippen molar-refractivity contribution >= 4 is 6.08 Å². The number of rotatable bonds is 4. The van der Waals surface area contributed by atoms with E-state index in [0.717, 1.165) is 23.3 Å². The summed E-state index contributed by atoms with van der Waals surface area (Å²) >= 11 is 0. The first-order chi connectivity index (χ1) is 6.80. The van der Waals surface area contributed by atoms with Gasteiger partial charge in [-0.3, -0.25) is 0 Å². The van der Waals surface area contributed by atoms with E-state index < -0.39 is 0 Å². The summed E-state index contributed by atoms with van der Waals surface area (Å²) in [7, 11) is 1.65. The molecule has 0 bridgehead atoms. The fraction of sp³-hybridized carbons (Fsp3) is 0.333. The van der Waals surface area contributed by atoms with E-state index >= 15 is 0 Å². The van der Waals surface area contributed by atoms with Crippen molar-refractivity contribution in [3.8, 4) is 5.75 Å². The summed E-state index contributed by atoms with van der Waals surface area (Å²) in [4.78, 5) is 0. The standard InChI is InChI=1S/C12H16O2/c1-3-10(9-13)8-11-4-6-12(14-2)7-5-11/h4-8,13H,3,9H2,1-2H3. The molecule has 0 aliphatic rings. The molecule has 76 valence electrons. The van der Waals surface area contributed by atoms with E-state index in [-0.39, 0.29) is 6.61 Å². The van der Waals surface area contributed by atoms with Gasteiger partial charge in [-0.2, -0.15) is 0 Å². The first-order valence-corrected chi connectivity index (χ1v) is 4.74. The highest BCUT2D eigenvalue weighted by Crippen LogP contribution is 2.14. The highest BCUT2D eigenvalue weighted by atomic mass is 16.5. The monoisotopic (exact) mass is 192 g/mol. The van der Waals surface area contributed by atoms with Gasteiger partial charge in [-0.15, -0.1) is 0 Å². The normalized spacial score (nSPS) is 11.5. The number of hydrogen-bond donors (Lipinski definition) is 1. The summed E-state index contributed by atoms with van der Waals surface area (Å²) in [6.07, 6.45) is 2.88. The zero-order valence-electron chi connectivity index (χ0n) is 8.66. The van der Waals surface area contributed by atoms with Gasteiger partial charge in [0.2, 0.25) is 0 Å². The number of aliphatic hydroxyl groups is 1. The number of benzene rings is 1. The van der Waals surface area contributed by atoms with Crippen LogP contribution in [0.5, 0.6) is 5.75 Å². The van der Waals surface area contributed by atoms with Crippen molar-refractivity contribution in [1.29, 1.82) is 0 Å². The Hall–Kier alpha value is -1.28. The third-order valence-corrected chi connectivity index (χ3v) is 2.14. The van der Waals surface area contributed by atoms with Gasteiger partial charge in [0.05, 0.1) is 13.7 Å². The highest BCUT2D eigenvalue weighted by Gasteiger charge is 1.94. The van der Waals surface area contributed by atoms with Crippen LogP contribution in [0.4, 0.5) is 0 Å². The van der Waals surface area contributed by atoms with Crippen LogP contribution in [0.1, 0.15) is 18.9 Å². The van der Waals surface area contributed by atoms with Crippen LogP contribution in [0, 0.1) is 0 Å². The molecule has 2 heteroatoms. The molecule has 2 nitrogen and oxygen atoms in total. The second-order valence-corrected chi connectivity index (χ2v) is 3.09. The summed E-state index contributed by atoms with van der Waals surface area (Å²) in [5, 5.41) is 9.00. The third kappa shape index (κ3) is 2.89. The van der Waals surface area contributed by atoms with Crippen molar-refractivity contribution in [3.63, 3.8) is 0 Å². The highest BCUT2D eigenvalue weighted by molar-refractivity contribution is 5.53. The van der Waals surface area contributed by atoms with Crippen LogP contribution in [0.3, 0.4) is 0 Å².